The quantitative estimate of drug-likeness (QED) is 0.918. The van der Waals surface area contributed by atoms with Gasteiger partial charge in [0.2, 0.25) is 0 Å². The molecule has 0 saturated carbocycles. The lowest BCUT2D eigenvalue weighted by molar-refractivity contribution is 0.405. The average Bonchev–Trinajstić information content (AvgIpc) is 2.84. The summed E-state index contributed by atoms with van der Waals surface area (Å²) in [5, 5.41) is 9.81. The zero-order valence-electron chi connectivity index (χ0n) is 12.4. The third kappa shape index (κ3) is 3.01. The molecular formula is C14H21N3O2S2. The van der Waals surface area contributed by atoms with Crippen LogP contribution in [0.3, 0.4) is 0 Å². The van der Waals surface area contributed by atoms with Gasteiger partial charge in [0, 0.05) is 13.1 Å². The van der Waals surface area contributed by atoms with E-state index < -0.39 is 9.84 Å². The molecular weight excluding hydrogens is 306 g/mol. The molecule has 1 aromatic rings. The lowest BCUT2D eigenvalue weighted by Gasteiger charge is -2.33. The number of anilines is 2. The number of piperidine rings is 1. The molecule has 0 radical (unpaired) electrons. The number of sulfone groups is 1. The summed E-state index contributed by atoms with van der Waals surface area (Å²) in [6.45, 7) is 5.43. The van der Waals surface area contributed by atoms with Crippen LogP contribution in [-0.2, 0) is 9.84 Å². The lowest BCUT2D eigenvalue weighted by Crippen LogP contribution is -2.35. The molecule has 1 aromatic heterocycles. The number of nitrogens with zero attached hydrogens (tertiary/aromatic N) is 2. The van der Waals surface area contributed by atoms with Crippen molar-refractivity contribution in [1.82, 2.24) is 0 Å². The SMILES string of the molecule is CCC1CCCN(c2sc(C#N)c(N)c2S(=O)(=O)CC)C1. The average molecular weight is 327 g/mol. The van der Waals surface area contributed by atoms with Gasteiger partial charge in [-0.3, -0.25) is 0 Å². The number of nitrogen functional groups attached to an aromatic ring is 1. The summed E-state index contributed by atoms with van der Waals surface area (Å²) in [6, 6.07) is 2.02. The first-order valence-electron chi connectivity index (χ1n) is 7.24. The molecule has 0 amide bonds. The van der Waals surface area contributed by atoms with E-state index in [1.807, 2.05) is 6.07 Å². The summed E-state index contributed by atoms with van der Waals surface area (Å²) in [5.74, 6) is 0.571. The fourth-order valence-corrected chi connectivity index (χ4v) is 5.38. The van der Waals surface area contributed by atoms with E-state index in [0.717, 1.165) is 25.9 Å². The van der Waals surface area contributed by atoms with Crippen LogP contribution in [0.2, 0.25) is 0 Å². The molecule has 1 aliphatic rings. The molecule has 2 rings (SSSR count). The maximum absolute atomic E-state index is 12.4. The molecule has 1 saturated heterocycles. The summed E-state index contributed by atoms with van der Waals surface area (Å²) < 4.78 is 24.7. The van der Waals surface area contributed by atoms with E-state index in [9.17, 15) is 8.42 Å². The van der Waals surface area contributed by atoms with Gasteiger partial charge in [-0.2, -0.15) is 5.26 Å². The monoisotopic (exact) mass is 327 g/mol. The Morgan fingerprint density at radius 3 is 2.76 bits per heavy atom. The smallest absolute Gasteiger partial charge is 0.183 e. The van der Waals surface area contributed by atoms with Crippen molar-refractivity contribution >= 4 is 31.9 Å². The minimum absolute atomic E-state index is 0.00313. The molecule has 21 heavy (non-hydrogen) atoms. The van der Waals surface area contributed by atoms with Gasteiger partial charge in [0.15, 0.2) is 9.84 Å². The van der Waals surface area contributed by atoms with Crippen molar-refractivity contribution in [1.29, 1.82) is 5.26 Å². The predicted molar refractivity (Wildman–Crippen MR) is 86.4 cm³/mol. The van der Waals surface area contributed by atoms with E-state index in [1.54, 1.807) is 6.92 Å². The van der Waals surface area contributed by atoms with Crippen LogP contribution in [0, 0.1) is 17.2 Å². The van der Waals surface area contributed by atoms with Gasteiger partial charge < -0.3 is 10.6 Å². The number of nitrogens with two attached hydrogens (primary N) is 1. The highest BCUT2D eigenvalue weighted by Gasteiger charge is 2.31. The summed E-state index contributed by atoms with van der Waals surface area (Å²) in [6.07, 6.45) is 3.30. The second-order valence-electron chi connectivity index (χ2n) is 5.36. The van der Waals surface area contributed by atoms with E-state index in [4.69, 9.17) is 11.0 Å². The number of thiophene rings is 1. The van der Waals surface area contributed by atoms with Crippen molar-refractivity contribution in [2.24, 2.45) is 5.92 Å². The summed E-state index contributed by atoms with van der Waals surface area (Å²) in [7, 11) is -3.43. The topological polar surface area (TPSA) is 87.2 Å². The summed E-state index contributed by atoms with van der Waals surface area (Å²) >= 11 is 1.21. The Hall–Kier alpha value is -1.26. The molecule has 0 aliphatic carbocycles. The molecule has 0 spiro atoms. The van der Waals surface area contributed by atoms with E-state index in [2.05, 4.69) is 11.8 Å². The van der Waals surface area contributed by atoms with Crippen molar-refractivity contribution in [2.45, 2.75) is 38.0 Å². The van der Waals surface area contributed by atoms with Gasteiger partial charge in [0.25, 0.3) is 0 Å². The van der Waals surface area contributed by atoms with Crippen molar-refractivity contribution in [3.05, 3.63) is 4.88 Å². The molecule has 0 aromatic carbocycles. The van der Waals surface area contributed by atoms with E-state index in [-0.39, 0.29) is 16.3 Å². The standard InChI is InChI=1S/C14H21N3O2S2/c1-3-10-6-5-7-17(9-10)14-13(21(18,19)4-2)12(16)11(8-15)20-14/h10H,3-7,9,16H2,1-2H3. The lowest BCUT2D eigenvalue weighted by atomic mass is 9.96. The Morgan fingerprint density at radius 1 is 1.48 bits per heavy atom. The van der Waals surface area contributed by atoms with E-state index in [0.29, 0.717) is 15.8 Å². The molecule has 1 aliphatic heterocycles. The number of hydrogen-bond donors (Lipinski definition) is 1. The van der Waals surface area contributed by atoms with Gasteiger partial charge in [-0.25, -0.2) is 8.42 Å². The maximum atomic E-state index is 12.4. The van der Waals surface area contributed by atoms with E-state index >= 15 is 0 Å². The van der Waals surface area contributed by atoms with Crippen LogP contribution in [0.1, 0.15) is 38.0 Å². The van der Waals surface area contributed by atoms with Crippen LogP contribution in [0.25, 0.3) is 0 Å². The maximum Gasteiger partial charge on any atom is 0.183 e. The van der Waals surface area contributed by atoms with Crippen LogP contribution in [0.15, 0.2) is 4.90 Å². The van der Waals surface area contributed by atoms with Crippen molar-refractivity contribution in [3.63, 3.8) is 0 Å². The summed E-state index contributed by atoms with van der Waals surface area (Å²) in [5.41, 5.74) is 6.06. The molecule has 2 N–H and O–H groups in total. The van der Waals surface area contributed by atoms with Crippen molar-refractivity contribution in [3.8, 4) is 6.07 Å². The molecule has 0 bridgehead atoms. The number of nitriles is 1. The minimum Gasteiger partial charge on any atom is -0.396 e. The second kappa shape index (κ2) is 6.24. The Bertz CT molecular complexity index is 658. The first kappa shape index (κ1) is 16.1. The first-order valence-corrected chi connectivity index (χ1v) is 9.71. The summed E-state index contributed by atoms with van der Waals surface area (Å²) in [4.78, 5) is 2.57. The fraction of sp³-hybridized carbons (Fsp3) is 0.643. The number of rotatable bonds is 4. The molecule has 1 fully saturated rings. The van der Waals surface area contributed by atoms with Gasteiger partial charge in [0.1, 0.15) is 20.8 Å². The van der Waals surface area contributed by atoms with E-state index in [1.165, 1.54) is 17.8 Å². The molecule has 116 valence electrons. The molecule has 7 heteroatoms. The van der Waals surface area contributed by atoms with Crippen molar-refractivity contribution < 1.29 is 8.42 Å². The van der Waals surface area contributed by atoms with Gasteiger partial charge in [-0.05, 0) is 18.8 Å². The van der Waals surface area contributed by atoms with Gasteiger partial charge in [0.05, 0.1) is 11.4 Å². The molecule has 5 nitrogen and oxygen atoms in total. The zero-order chi connectivity index (χ0) is 15.6. The highest BCUT2D eigenvalue weighted by Crippen LogP contribution is 2.43. The first-order chi connectivity index (χ1) is 9.94. The molecule has 2 heterocycles. The normalized spacial score (nSPS) is 19.5. The van der Waals surface area contributed by atoms with Crippen LogP contribution in [0.4, 0.5) is 10.7 Å². The zero-order valence-corrected chi connectivity index (χ0v) is 14.1. The van der Waals surface area contributed by atoms with Crippen LogP contribution < -0.4 is 10.6 Å². The van der Waals surface area contributed by atoms with Gasteiger partial charge >= 0.3 is 0 Å². The van der Waals surface area contributed by atoms with Crippen molar-refractivity contribution in [2.75, 3.05) is 29.5 Å². The van der Waals surface area contributed by atoms with Gasteiger partial charge in [-0.1, -0.05) is 20.3 Å². The molecule has 1 atom stereocenters. The minimum atomic E-state index is -3.43. The Labute approximate surface area is 130 Å². The molecule has 1 unspecified atom stereocenters. The highest BCUT2D eigenvalue weighted by molar-refractivity contribution is 7.91. The Balaban J connectivity index is 2.51. The Kier molecular flexibility index (Phi) is 4.79. The second-order valence-corrected chi connectivity index (χ2v) is 8.57. The largest absolute Gasteiger partial charge is 0.396 e. The third-order valence-electron chi connectivity index (χ3n) is 4.06. The predicted octanol–water partition coefficient (Wildman–Crippen LogP) is 2.62. The Morgan fingerprint density at radius 2 is 2.19 bits per heavy atom. The van der Waals surface area contributed by atoms with Crippen LogP contribution in [-0.4, -0.2) is 27.3 Å². The van der Waals surface area contributed by atoms with Crippen LogP contribution >= 0.6 is 11.3 Å². The van der Waals surface area contributed by atoms with Gasteiger partial charge in [-0.15, -0.1) is 11.3 Å². The highest BCUT2D eigenvalue weighted by atomic mass is 32.2. The number of hydrogen-bond acceptors (Lipinski definition) is 6. The fourth-order valence-electron chi connectivity index (χ4n) is 2.74. The third-order valence-corrected chi connectivity index (χ3v) is 7.15. The van der Waals surface area contributed by atoms with Crippen LogP contribution in [0.5, 0.6) is 0 Å².